The minimum atomic E-state index is -3.76. The maximum Gasteiger partial charge on any atom is 0.387 e. The van der Waals surface area contributed by atoms with Crippen LogP contribution in [0.3, 0.4) is 0 Å². The van der Waals surface area contributed by atoms with Crippen LogP contribution < -0.4 is 9.46 Å². The number of carbonyl (C=O) groups excluding carboxylic acids is 1. The Morgan fingerprint density at radius 1 is 1.26 bits per heavy atom. The van der Waals surface area contributed by atoms with Gasteiger partial charge in [0.2, 0.25) is 10.0 Å². The molecule has 10 heteroatoms. The van der Waals surface area contributed by atoms with E-state index >= 15 is 0 Å². The summed E-state index contributed by atoms with van der Waals surface area (Å²) in [5, 5.41) is -0.463. The van der Waals surface area contributed by atoms with Crippen LogP contribution in [0.4, 0.5) is 8.78 Å². The second-order valence-corrected chi connectivity index (χ2v) is 8.18. The topological polar surface area (TPSA) is 85.6 Å². The summed E-state index contributed by atoms with van der Waals surface area (Å²) < 4.78 is 62.8. The van der Waals surface area contributed by atoms with E-state index in [1.807, 2.05) is 0 Å². The van der Waals surface area contributed by atoms with Gasteiger partial charge in [-0.2, -0.15) is 8.78 Å². The molecule has 0 radical (unpaired) electrons. The van der Waals surface area contributed by atoms with Gasteiger partial charge in [-0.25, -0.2) is 13.1 Å². The van der Waals surface area contributed by atoms with E-state index in [0.717, 1.165) is 18.9 Å². The molecule has 27 heavy (non-hydrogen) atoms. The Hall–Kier alpha value is -2.23. The molecule has 1 N–H and O–H groups in total. The fourth-order valence-electron chi connectivity index (χ4n) is 2.84. The molecule has 0 unspecified atom stereocenters. The third-order valence-electron chi connectivity index (χ3n) is 4.19. The fourth-order valence-corrected chi connectivity index (χ4v) is 4.33. The van der Waals surface area contributed by atoms with Crippen molar-refractivity contribution in [2.24, 2.45) is 0 Å². The average molecular weight is 416 g/mol. The summed E-state index contributed by atoms with van der Waals surface area (Å²) in [6.07, 6.45) is 1.55. The number of fused-ring (bicyclic) bond motifs is 3. The number of benzene rings is 2. The van der Waals surface area contributed by atoms with Crippen LogP contribution in [0.15, 0.2) is 39.6 Å². The number of alkyl halides is 2. The Bertz CT molecular complexity index is 1170. The Morgan fingerprint density at radius 2 is 2.00 bits per heavy atom. The van der Waals surface area contributed by atoms with Gasteiger partial charge in [0.25, 0.3) is 5.24 Å². The highest BCUT2D eigenvalue weighted by atomic mass is 35.5. The van der Waals surface area contributed by atoms with Crippen molar-refractivity contribution in [3.05, 3.63) is 35.9 Å². The van der Waals surface area contributed by atoms with Crippen molar-refractivity contribution >= 4 is 48.8 Å². The average Bonchev–Trinajstić information content (AvgIpc) is 3.30. The van der Waals surface area contributed by atoms with Crippen LogP contribution in [-0.2, 0) is 10.0 Å². The van der Waals surface area contributed by atoms with E-state index < -0.39 is 21.9 Å². The Labute approximate surface area is 157 Å². The molecule has 1 aromatic heterocycles. The van der Waals surface area contributed by atoms with Gasteiger partial charge in [-0.05, 0) is 54.8 Å². The molecule has 0 spiro atoms. The minimum absolute atomic E-state index is 0.00302. The normalized spacial score (nSPS) is 15.0. The van der Waals surface area contributed by atoms with Crippen LogP contribution in [0, 0.1) is 0 Å². The molecular formula is C17H12ClF2NO5S. The van der Waals surface area contributed by atoms with Crippen molar-refractivity contribution in [2.75, 3.05) is 0 Å². The van der Waals surface area contributed by atoms with Crippen LogP contribution in [0.5, 0.6) is 5.75 Å². The zero-order valence-electron chi connectivity index (χ0n) is 13.5. The molecule has 1 heterocycles. The summed E-state index contributed by atoms with van der Waals surface area (Å²) in [6.45, 7) is -3.10. The summed E-state index contributed by atoms with van der Waals surface area (Å²) in [5.41, 5.74) is 0.0955. The van der Waals surface area contributed by atoms with Crippen LogP contribution in [-0.4, -0.2) is 26.3 Å². The first kappa shape index (κ1) is 18.1. The van der Waals surface area contributed by atoms with Crippen molar-refractivity contribution in [3.8, 4) is 5.75 Å². The molecule has 1 aliphatic rings. The van der Waals surface area contributed by atoms with Gasteiger partial charge in [0.15, 0.2) is 11.3 Å². The summed E-state index contributed by atoms with van der Waals surface area (Å²) >= 11 is 5.60. The van der Waals surface area contributed by atoms with Gasteiger partial charge in [-0.15, -0.1) is 0 Å². The number of ether oxygens (including phenoxy) is 1. The number of halogens is 3. The lowest BCUT2D eigenvalue weighted by molar-refractivity contribution is -0.0493. The van der Waals surface area contributed by atoms with Crippen molar-refractivity contribution in [3.63, 3.8) is 0 Å². The van der Waals surface area contributed by atoms with E-state index in [1.165, 1.54) is 24.3 Å². The van der Waals surface area contributed by atoms with Gasteiger partial charge in [0.05, 0.1) is 4.90 Å². The van der Waals surface area contributed by atoms with Gasteiger partial charge in [-0.3, -0.25) is 4.79 Å². The van der Waals surface area contributed by atoms with Crippen molar-refractivity contribution in [1.29, 1.82) is 0 Å². The molecule has 1 aliphatic carbocycles. The lowest BCUT2D eigenvalue weighted by atomic mass is 10.1. The number of sulfonamides is 1. The summed E-state index contributed by atoms with van der Waals surface area (Å²) in [6, 6.07) is 6.35. The molecule has 0 bridgehead atoms. The molecule has 1 saturated carbocycles. The first-order chi connectivity index (χ1) is 12.8. The Balaban J connectivity index is 1.96. The zero-order valence-corrected chi connectivity index (χ0v) is 15.1. The predicted molar refractivity (Wildman–Crippen MR) is 93.9 cm³/mol. The Morgan fingerprint density at radius 3 is 2.63 bits per heavy atom. The molecule has 0 saturated heterocycles. The summed E-state index contributed by atoms with van der Waals surface area (Å²) in [7, 11) is -3.76. The van der Waals surface area contributed by atoms with Crippen LogP contribution in [0.25, 0.3) is 21.9 Å². The third-order valence-corrected chi connectivity index (χ3v) is 5.91. The highest BCUT2D eigenvalue weighted by Crippen LogP contribution is 2.39. The van der Waals surface area contributed by atoms with Gasteiger partial charge in [-0.1, -0.05) is 0 Å². The van der Waals surface area contributed by atoms with Crippen LogP contribution in [0.1, 0.15) is 23.2 Å². The van der Waals surface area contributed by atoms with Gasteiger partial charge >= 0.3 is 6.61 Å². The molecule has 6 nitrogen and oxygen atoms in total. The zero-order chi connectivity index (χ0) is 19.3. The molecule has 0 aliphatic heterocycles. The van der Waals surface area contributed by atoms with Crippen molar-refractivity contribution in [2.45, 2.75) is 30.4 Å². The predicted octanol–water partition coefficient (Wildman–Crippen LogP) is 4.01. The highest BCUT2D eigenvalue weighted by molar-refractivity contribution is 7.89. The number of carbonyl (C=O) groups is 1. The SMILES string of the molecule is O=C(Cl)c1ccc(OC(F)F)c2oc3ccc(S(=O)(=O)NC4CC4)cc3c12. The summed E-state index contributed by atoms with van der Waals surface area (Å²) in [4.78, 5) is 11.7. The molecule has 0 atom stereocenters. The maximum absolute atomic E-state index is 12.7. The first-order valence-corrected chi connectivity index (χ1v) is 9.78. The van der Waals surface area contributed by atoms with Crippen molar-refractivity contribution < 1.29 is 31.1 Å². The number of furan rings is 1. The van der Waals surface area contributed by atoms with E-state index in [0.29, 0.717) is 0 Å². The van der Waals surface area contributed by atoms with E-state index in [-0.39, 0.29) is 44.2 Å². The van der Waals surface area contributed by atoms with Gasteiger partial charge in [0, 0.05) is 22.4 Å². The molecular weight excluding hydrogens is 404 g/mol. The number of rotatable bonds is 6. The smallest absolute Gasteiger partial charge is 0.387 e. The largest absolute Gasteiger partial charge is 0.452 e. The first-order valence-electron chi connectivity index (χ1n) is 7.92. The number of hydrogen-bond acceptors (Lipinski definition) is 5. The monoisotopic (exact) mass is 415 g/mol. The minimum Gasteiger partial charge on any atom is -0.452 e. The van der Waals surface area contributed by atoms with Crippen LogP contribution in [0.2, 0.25) is 0 Å². The second kappa shape index (κ2) is 6.43. The van der Waals surface area contributed by atoms with Crippen LogP contribution >= 0.6 is 11.6 Å². The van der Waals surface area contributed by atoms with E-state index in [9.17, 15) is 22.0 Å². The highest BCUT2D eigenvalue weighted by Gasteiger charge is 2.29. The Kier molecular flexibility index (Phi) is 4.32. The summed E-state index contributed by atoms with van der Waals surface area (Å²) in [5.74, 6) is -0.279. The van der Waals surface area contributed by atoms with Crippen molar-refractivity contribution in [1.82, 2.24) is 4.72 Å². The molecule has 2 aromatic carbocycles. The maximum atomic E-state index is 12.7. The van der Waals surface area contributed by atoms with E-state index in [4.69, 9.17) is 16.0 Å². The lowest BCUT2D eigenvalue weighted by Crippen LogP contribution is -2.25. The number of hydrogen-bond donors (Lipinski definition) is 1. The molecule has 142 valence electrons. The lowest BCUT2D eigenvalue weighted by Gasteiger charge is -2.06. The quantitative estimate of drug-likeness (QED) is 0.615. The number of nitrogens with one attached hydrogen (secondary N) is 1. The molecule has 1 fully saturated rings. The van der Waals surface area contributed by atoms with Gasteiger partial charge < -0.3 is 9.15 Å². The van der Waals surface area contributed by atoms with Gasteiger partial charge in [0.1, 0.15) is 5.58 Å². The van der Waals surface area contributed by atoms with E-state index in [1.54, 1.807) is 0 Å². The molecule has 4 rings (SSSR count). The third kappa shape index (κ3) is 3.38. The standard InChI is InChI=1S/C17H12ClF2NO5S/c18-16(22)10-4-6-13(26-17(19)20)15-14(10)11-7-9(3-5-12(11)25-15)27(23,24)21-8-1-2-8/h3-8,17,21H,1-2H2. The van der Waals surface area contributed by atoms with E-state index in [2.05, 4.69) is 9.46 Å². The second-order valence-electron chi connectivity index (χ2n) is 6.12. The fraction of sp³-hybridized carbons (Fsp3) is 0.235. The molecule has 3 aromatic rings. The molecule has 0 amide bonds.